The molecule has 2 unspecified atom stereocenters. The summed E-state index contributed by atoms with van der Waals surface area (Å²) in [7, 11) is 0. The van der Waals surface area contributed by atoms with Crippen molar-refractivity contribution in [1.29, 1.82) is 0 Å². The highest BCUT2D eigenvalue weighted by Gasteiger charge is 2.18. The molecule has 96 valence electrons. The largest absolute Gasteiger partial charge is 0.475 e. The molecule has 2 aliphatic rings. The van der Waals surface area contributed by atoms with Crippen molar-refractivity contribution in [3.63, 3.8) is 0 Å². The van der Waals surface area contributed by atoms with Crippen LogP contribution in [-0.4, -0.2) is 25.1 Å². The van der Waals surface area contributed by atoms with Gasteiger partial charge in [0.1, 0.15) is 6.61 Å². The molecule has 0 aliphatic carbocycles. The van der Waals surface area contributed by atoms with Crippen LogP contribution >= 0.6 is 0 Å². The fourth-order valence-corrected chi connectivity index (χ4v) is 2.63. The second kappa shape index (κ2) is 5.11. The monoisotopic (exact) mass is 244 g/mol. The van der Waals surface area contributed by atoms with Gasteiger partial charge in [0.15, 0.2) is 0 Å². The van der Waals surface area contributed by atoms with E-state index in [1.807, 2.05) is 0 Å². The standard InChI is InChI=1S/C15H20N2O/c1-11-10-18-15(17-11)13-7-5-12(6-8-13)14-4-2-3-9-16-14/h5-8,11,14,16H,2-4,9-10H2,1H3. The van der Waals surface area contributed by atoms with Crippen molar-refractivity contribution < 1.29 is 4.74 Å². The number of nitrogens with one attached hydrogen (secondary N) is 1. The summed E-state index contributed by atoms with van der Waals surface area (Å²) in [5.41, 5.74) is 2.48. The van der Waals surface area contributed by atoms with Crippen LogP contribution in [0.15, 0.2) is 29.3 Å². The van der Waals surface area contributed by atoms with Gasteiger partial charge in [0.05, 0.1) is 6.04 Å². The second-order valence-corrected chi connectivity index (χ2v) is 5.22. The summed E-state index contributed by atoms with van der Waals surface area (Å²) in [6, 6.07) is 9.48. The number of hydrogen-bond donors (Lipinski definition) is 1. The molecule has 1 aromatic rings. The molecule has 1 N–H and O–H groups in total. The molecule has 2 atom stereocenters. The van der Waals surface area contributed by atoms with E-state index in [0.29, 0.717) is 18.7 Å². The molecule has 0 amide bonds. The highest BCUT2D eigenvalue weighted by atomic mass is 16.5. The van der Waals surface area contributed by atoms with Gasteiger partial charge in [-0.2, -0.15) is 0 Å². The molecule has 1 fully saturated rings. The third-order valence-corrected chi connectivity index (χ3v) is 3.67. The normalized spacial score (nSPS) is 27.7. The Kier molecular flexibility index (Phi) is 3.33. The van der Waals surface area contributed by atoms with E-state index in [1.54, 1.807) is 0 Å². The van der Waals surface area contributed by atoms with Crippen LogP contribution in [0.3, 0.4) is 0 Å². The Morgan fingerprint density at radius 3 is 2.67 bits per heavy atom. The highest BCUT2D eigenvalue weighted by Crippen LogP contribution is 2.23. The minimum Gasteiger partial charge on any atom is -0.475 e. The van der Waals surface area contributed by atoms with Gasteiger partial charge >= 0.3 is 0 Å². The number of rotatable bonds is 2. The lowest BCUT2D eigenvalue weighted by molar-refractivity contribution is 0.324. The van der Waals surface area contributed by atoms with Crippen LogP contribution in [0.25, 0.3) is 0 Å². The van der Waals surface area contributed by atoms with E-state index in [-0.39, 0.29) is 0 Å². The van der Waals surface area contributed by atoms with Gasteiger partial charge < -0.3 is 10.1 Å². The fourth-order valence-electron chi connectivity index (χ4n) is 2.63. The lowest BCUT2D eigenvalue weighted by Gasteiger charge is -2.23. The first-order valence-corrected chi connectivity index (χ1v) is 6.87. The quantitative estimate of drug-likeness (QED) is 0.867. The van der Waals surface area contributed by atoms with Crippen molar-refractivity contribution in [1.82, 2.24) is 5.32 Å². The summed E-state index contributed by atoms with van der Waals surface area (Å²) in [6.45, 7) is 3.92. The van der Waals surface area contributed by atoms with Gasteiger partial charge in [-0.1, -0.05) is 18.6 Å². The molecule has 0 radical (unpaired) electrons. The summed E-state index contributed by atoms with van der Waals surface area (Å²) in [5, 5.41) is 3.57. The summed E-state index contributed by atoms with van der Waals surface area (Å²) >= 11 is 0. The van der Waals surface area contributed by atoms with Crippen molar-refractivity contribution in [2.24, 2.45) is 4.99 Å². The van der Waals surface area contributed by atoms with E-state index in [0.717, 1.165) is 18.0 Å². The summed E-state index contributed by atoms with van der Waals surface area (Å²) in [6.07, 6.45) is 3.87. The highest BCUT2D eigenvalue weighted by molar-refractivity contribution is 5.95. The van der Waals surface area contributed by atoms with Crippen LogP contribution in [0.5, 0.6) is 0 Å². The molecule has 0 bridgehead atoms. The molecule has 3 nitrogen and oxygen atoms in total. The molecule has 18 heavy (non-hydrogen) atoms. The molecule has 1 aromatic carbocycles. The van der Waals surface area contributed by atoms with E-state index in [1.165, 1.54) is 24.8 Å². The van der Waals surface area contributed by atoms with Crippen LogP contribution in [0.4, 0.5) is 0 Å². The topological polar surface area (TPSA) is 33.6 Å². The van der Waals surface area contributed by atoms with Gasteiger partial charge in [0.25, 0.3) is 0 Å². The average molecular weight is 244 g/mol. The predicted molar refractivity (Wildman–Crippen MR) is 73.0 cm³/mol. The number of piperidine rings is 1. The van der Waals surface area contributed by atoms with Crippen molar-refractivity contribution >= 4 is 5.90 Å². The molecule has 0 saturated carbocycles. The molecule has 2 heterocycles. The number of ether oxygens (including phenoxy) is 1. The van der Waals surface area contributed by atoms with Crippen molar-refractivity contribution in [2.75, 3.05) is 13.2 Å². The minimum absolute atomic E-state index is 0.291. The molecule has 2 aliphatic heterocycles. The van der Waals surface area contributed by atoms with Gasteiger partial charge in [-0.25, -0.2) is 4.99 Å². The molecule has 1 saturated heterocycles. The summed E-state index contributed by atoms with van der Waals surface area (Å²) in [4.78, 5) is 4.48. The van der Waals surface area contributed by atoms with E-state index < -0.39 is 0 Å². The van der Waals surface area contributed by atoms with Crippen LogP contribution in [0.1, 0.15) is 43.4 Å². The molecular weight excluding hydrogens is 224 g/mol. The molecule has 3 rings (SSSR count). The SMILES string of the molecule is CC1COC(c2ccc(C3CCCCN3)cc2)=N1. The number of aliphatic imine (C=N–C) groups is 1. The fraction of sp³-hybridized carbons (Fsp3) is 0.533. The maximum atomic E-state index is 5.57. The zero-order valence-corrected chi connectivity index (χ0v) is 10.9. The van der Waals surface area contributed by atoms with E-state index in [2.05, 4.69) is 41.5 Å². The van der Waals surface area contributed by atoms with Crippen LogP contribution in [-0.2, 0) is 4.74 Å². The summed E-state index contributed by atoms with van der Waals surface area (Å²) in [5.74, 6) is 0.797. The Morgan fingerprint density at radius 2 is 2.06 bits per heavy atom. The first-order chi connectivity index (χ1) is 8.83. The molecule has 0 spiro atoms. The Hall–Kier alpha value is -1.35. The third kappa shape index (κ3) is 2.41. The Labute approximate surface area is 108 Å². The summed E-state index contributed by atoms with van der Waals surface area (Å²) < 4.78 is 5.57. The lowest BCUT2D eigenvalue weighted by Crippen LogP contribution is -2.26. The van der Waals surface area contributed by atoms with Crippen molar-refractivity contribution in [3.05, 3.63) is 35.4 Å². The molecule has 0 aromatic heterocycles. The van der Waals surface area contributed by atoms with E-state index in [9.17, 15) is 0 Å². The maximum Gasteiger partial charge on any atom is 0.216 e. The Bertz CT molecular complexity index is 432. The second-order valence-electron chi connectivity index (χ2n) is 5.22. The Balaban J connectivity index is 1.74. The minimum atomic E-state index is 0.291. The maximum absolute atomic E-state index is 5.57. The first kappa shape index (κ1) is 11.7. The smallest absolute Gasteiger partial charge is 0.216 e. The zero-order valence-electron chi connectivity index (χ0n) is 10.9. The van der Waals surface area contributed by atoms with E-state index >= 15 is 0 Å². The predicted octanol–water partition coefficient (Wildman–Crippen LogP) is 2.67. The van der Waals surface area contributed by atoms with Crippen LogP contribution in [0.2, 0.25) is 0 Å². The van der Waals surface area contributed by atoms with Crippen molar-refractivity contribution in [2.45, 2.75) is 38.3 Å². The van der Waals surface area contributed by atoms with Gasteiger partial charge in [0, 0.05) is 11.6 Å². The number of benzene rings is 1. The molecule has 3 heteroatoms. The van der Waals surface area contributed by atoms with Crippen LogP contribution in [0, 0.1) is 0 Å². The first-order valence-electron chi connectivity index (χ1n) is 6.87. The zero-order chi connectivity index (χ0) is 12.4. The number of nitrogens with zero attached hydrogens (tertiary/aromatic N) is 1. The van der Waals surface area contributed by atoms with Gasteiger partial charge in [0.2, 0.25) is 5.90 Å². The van der Waals surface area contributed by atoms with E-state index in [4.69, 9.17) is 4.74 Å². The number of hydrogen-bond acceptors (Lipinski definition) is 3. The van der Waals surface area contributed by atoms with Crippen LogP contribution < -0.4 is 5.32 Å². The lowest BCUT2D eigenvalue weighted by atomic mass is 9.97. The van der Waals surface area contributed by atoms with Gasteiger partial charge in [-0.3, -0.25) is 0 Å². The Morgan fingerprint density at radius 1 is 1.22 bits per heavy atom. The van der Waals surface area contributed by atoms with Gasteiger partial charge in [-0.15, -0.1) is 0 Å². The van der Waals surface area contributed by atoms with Crippen molar-refractivity contribution in [3.8, 4) is 0 Å². The average Bonchev–Trinajstić information content (AvgIpc) is 2.87. The molecular formula is C15H20N2O. The van der Waals surface area contributed by atoms with Gasteiger partial charge in [-0.05, 0) is 44.0 Å². The third-order valence-electron chi connectivity index (χ3n) is 3.67.